The summed E-state index contributed by atoms with van der Waals surface area (Å²) in [4.78, 5) is 11.0. The van der Waals surface area contributed by atoms with Crippen molar-refractivity contribution in [1.29, 1.82) is 0 Å². The number of amides is 1. The zero-order valence-electron chi connectivity index (χ0n) is 11.5. The van der Waals surface area contributed by atoms with E-state index in [1.807, 2.05) is 0 Å². The predicted molar refractivity (Wildman–Crippen MR) is 77.9 cm³/mol. The Hall–Kier alpha value is -1.75. The minimum Gasteiger partial charge on any atom is -0.397 e. The summed E-state index contributed by atoms with van der Waals surface area (Å²) in [5.74, 6) is -0.228. The van der Waals surface area contributed by atoms with E-state index in [0.29, 0.717) is 23.5 Å². The van der Waals surface area contributed by atoms with Crippen LogP contribution >= 0.6 is 0 Å². The highest BCUT2D eigenvalue weighted by molar-refractivity contribution is 5.94. The zero-order valence-corrected chi connectivity index (χ0v) is 11.5. The van der Waals surface area contributed by atoms with Crippen molar-refractivity contribution in [2.45, 2.75) is 32.8 Å². The van der Waals surface area contributed by atoms with Crippen LogP contribution in [0.2, 0.25) is 0 Å². The lowest BCUT2D eigenvalue weighted by atomic mass is 9.96. The average molecular weight is 265 g/mol. The largest absolute Gasteiger partial charge is 0.397 e. The Morgan fingerprint density at radius 1 is 1.37 bits per heavy atom. The zero-order chi connectivity index (χ0) is 14.4. The van der Waals surface area contributed by atoms with Crippen LogP contribution in [0.15, 0.2) is 18.2 Å². The van der Waals surface area contributed by atoms with Gasteiger partial charge >= 0.3 is 0 Å². The van der Waals surface area contributed by atoms with Crippen LogP contribution in [-0.2, 0) is 0 Å². The number of aliphatic hydroxyl groups is 1. The highest BCUT2D eigenvalue weighted by Gasteiger charge is 2.15. The molecule has 0 fully saturated rings. The minimum absolute atomic E-state index is 0.276. The number of carbonyl (C=O) groups excluding carboxylic acids is 1. The van der Waals surface area contributed by atoms with Gasteiger partial charge in [-0.3, -0.25) is 4.79 Å². The number of nitrogens with two attached hydrogens (primary N) is 2. The van der Waals surface area contributed by atoms with E-state index in [4.69, 9.17) is 11.5 Å². The lowest BCUT2D eigenvalue weighted by Gasteiger charge is -2.21. The van der Waals surface area contributed by atoms with Gasteiger partial charge in [0, 0.05) is 12.1 Å². The smallest absolute Gasteiger partial charge is 0.248 e. The summed E-state index contributed by atoms with van der Waals surface area (Å²) >= 11 is 0. The molecular weight excluding hydrogens is 242 g/mol. The average Bonchev–Trinajstić information content (AvgIpc) is 2.38. The standard InChI is InChI=1S/C14H23N3O2/c1-3-9(4-2)13(18)8-17-12-6-5-10(14(16)19)7-11(12)15/h5-7,9,13,17-18H,3-4,8,15H2,1-2H3,(H2,16,19). The van der Waals surface area contributed by atoms with Crippen molar-refractivity contribution in [2.24, 2.45) is 11.7 Å². The SMILES string of the molecule is CCC(CC)C(O)CNc1ccc(C(N)=O)cc1N. The second kappa shape index (κ2) is 6.99. The van der Waals surface area contributed by atoms with Crippen molar-refractivity contribution in [1.82, 2.24) is 0 Å². The van der Waals surface area contributed by atoms with Gasteiger partial charge in [0.15, 0.2) is 0 Å². The number of nitrogens with one attached hydrogen (secondary N) is 1. The number of carbonyl (C=O) groups is 1. The molecule has 5 nitrogen and oxygen atoms in total. The Balaban J connectivity index is 2.65. The molecule has 0 aliphatic rings. The first-order valence-electron chi connectivity index (χ1n) is 6.60. The highest BCUT2D eigenvalue weighted by atomic mass is 16.3. The van der Waals surface area contributed by atoms with Crippen molar-refractivity contribution in [2.75, 3.05) is 17.6 Å². The molecular formula is C14H23N3O2. The van der Waals surface area contributed by atoms with Crippen molar-refractivity contribution >= 4 is 17.3 Å². The van der Waals surface area contributed by atoms with Crippen LogP contribution in [0.5, 0.6) is 0 Å². The fourth-order valence-corrected chi connectivity index (χ4v) is 2.09. The molecule has 0 saturated heterocycles. The molecule has 0 radical (unpaired) electrons. The molecule has 0 aromatic heterocycles. The summed E-state index contributed by atoms with van der Waals surface area (Å²) in [7, 11) is 0. The van der Waals surface area contributed by atoms with Crippen LogP contribution in [0.25, 0.3) is 0 Å². The number of benzene rings is 1. The predicted octanol–water partition coefficient (Wildman–Crippen LogP) is 1.58. The van der Waals surface area contributed by atoms with Crippen LogP contribution in [0.4, 0.5) is 11.4 Å². The van der Waals surface area contributed by atoms with E-state index < -0.39 is 12.0 Å². The van der Waals surface area contributed by atoms with E-state index in [0.717, 1.165) is 12.8 Å². The Labute approximate surface area is 114 Å². The van der Waals surface area contributed by atoms with Crippen LogP contribution in [-0.4, -0.2) is 23.7 Å². The Kier molecular flexibility index (Phi) is 5.63. The molecule has 0 aliphatic heterocycles. The molecule has 0 saturated carbocycles. The Bertz CT molecular complexity index is 431. The van der Waals surface area contributed by atoms with Crippen molar-refractivity contribution in [3.8, 4) is 0 Å². The van der Waals surface area contributed by atoms with E-state index in [1.165, 1.54) is 6.07 Å². The number of hydrogen-bond acceptors (Lipinski definition) is 4. The van der Waals surface area contributed by atoms with Gasteiger partial charge in [-0.05, 0) is 24.1 Å². The molecule has 0 heterocycles. The minimum atomic E-state index is -0.504. The van der Waals surface area contributed by atoms with Crippen LogP contribution < -0.4 is 16.8 Å². The summed E-state index contributed by atoms with van der Waals surface area (Å²) in [5, 5.41) is 13.1. The quantitative estimate of drug-likeness (QED) is 0.562. The van der Waals surface area contributed by atoms with Crippen molar-refractivity contribution < 1.29 is 9.90 Å². The van der Waals surface area contributed by atoms with E-state index in [9.17, 15) is 9.90 Å². The van der Waals surface area contributed by atoms with Gasteiger partial charge in [0.05, 0.1) is 17.5 Å². The number of nitrogen functional groups attached to an aromatic ring is 1. The molecule has 6 N–H and O–H groups in total. The number of rotatable bonds is 7. The molecule has 1 amide bonds. The lowest BCUT2D eigenvalue weighted by Crippen LogP contribution is -2.28. The lowest BCUT2D eigenvalue weighted by molar-refractivity contribution is 0.1000. The fraction of sp³-hybridized carbons (Fsp3) is 0.500. The molecule has 1 unspecified atom stereocenters. The summed E-state index contributed by atoms with van der Waals surface area (Å²) in [6, 6.07) is 4.85. The number of primary amides is 1. The second-order valence-corrected chi connectivity index (χ2v) is 4.69. The molecule has 1 atom stereocenters. The fourth-order valence-electron chi connectivity index (χ4n) is 2.09. The maximum atomic E-state index is 11.0. The molecule has 0 spiro atoms. The number of anilines is 2. The van der Waals surface area contributed by atoms with Crippen molar-refractivity contribution in [3.05, 3.63) is 23.8 Å². The molecule has 106 valence electrons. The second-order valence-electron chi connectivity index (χ2n) is 4.69. The van der Waals surface area contributed by atoms with E-state index >= 15 is 0 Å². The first-order valence-corrected chi connectivity index (χ1v) is 6.60. The van der Waals surface area contributed by atoms with Crippen molar-refractivity contribution in [3.63, 3.8) is 0 Å². The van der Waals surface area contributed by atoms with Gasteiger partial charge in [-0.1, -0.05) is 26.7 Å². The normalized spacial score (nSPS) is 12.4. The maximum Gasteiger partial charge on any atom is 0.248 e. The third kappa shape index (κ3) is 4.13. The Morgan fingerprint density at radius 2 is 2.00 bits per heavy atom. The van der Waals surface area contributed by atoms with E-state index in [-0.39, 0.29) is 5.92 Å². The molecule has 1 aromatic rings. The van der Waals surface area contributed by atoms with Gasteiger partial charge < -0.3 is 21.9 Å². The molecule has 19 heavy (non-hydrogen) atoms. The van der Waals surface area contributed by atoms with Gasteiger partial charge in [0.25, 0.3) is 0 Å². The molecule has 0 bridgehead atoms. The van der Waals surface area contributed by atoms with Crippen LogP contribution in [0.1, 0.15) is 37.0 Å². The van der Waals surface area contributed by atoms with Gasteiger partial charge in [-0.25, -0.2) is 0 Å². The summed E-state index contributed by atoms with van der Waals surface area (Å²) < 4.78 is 0. The van der Waals surface area contributed by atoms with Gasteiger partial charge in [-0.2, -0.15) is 0 Å². The topological polar surface area (TPSA) is 101 Å². The first kappa shape index (κ1) is 15.3. The first-order chi connectivity index (χ1) is 8.99. The summed E-state index contributed by atoms with van der Waals surface area (Å²) in [6.45, 7) is 4.56. The Morgan fingerprint density at radius 3 is 2.47 bits per heavy atom. The summed E-state index contributed by atoms with van der Waals surface area (Å²) in [5.41, 5.74) is 12.5. The highest BCUT2D eigenvalue weighted by Crippen LogP contribution is 2.21. The number of hydrogen-bond donors (Lipinski definition) is 4. The third-order valence-corrected chi connectivity index (χ3v) is 3.43. The maximum absolute atomic E-state index is 11.0. The number of aliphatic hydroxyl groups excluding tert-OH is 1. The molecule has 0 aliphatic carbocycles. The van der Waals surface area contributed by atoms with Gasteiger partial charge in [0.2, 0.25) is 5.91 Å². The monoisotopic (exact) mass is 265 g/mol. The molecule has 5 heteroatoms. The van der Waals surface area contributed by atoms with E-state index in [2.05, 4.69) is 19.2 Å². The van der Waals surface area contributed by atoms with Crippen LogP contribution in [0, 0.1) is 5.92 Å². The van der Waals surface area contributed by atoms with E-state index in [1.54, 1.807) is 12.1 Å². The summed E-state index contributed by atoms with van der Waals surface area (Å²) in [6.07, 6.45) is 1.47. The van der Waals surface area contributed by atoms with Gasteiger partial charge in [-0.15, -0.1) is 0 Å². The van der Waals surface area contributed by atoms with Crippen LogP contribution in [0.3, 0.4) is 0 Å². The molecule has 1 rings (SSSR count). The third-order valence-electron chi connectivity index (χ3n) is 3.43. The molecule has 1 aromatic carbocycles. The van der Waals surface area contributed by atoms with Gasteiger partial charge in [0.1, 0.15) is 0 Å².